The van der Waals surface area contributed by atoms with Crippen molar-refractivity contribution in [2.24, 2.45) is 0 Å². The molecule has 0 spiro atoms. The molecule has 0 saturated carbocycles. The van der Waals surface area contributed by atoms with Gasteiger partial charge in [-0.15, -0.1) is 4.75 Å². The molecule has 1 heterocycles. The summed E-state index contributed by atoms with van der Waals surface area (Å²) < 4.78 is -1.03. The van der Waals surface area contributed by atoms with Gasteiger partial charge in [0.25, 0.3) is 0 Å². The van der Waals surface area contributed by atoms with Crippen molar-refractivity contribution in [3.8, 4) is 0 Å². The third kappa shape index (κ3) is 5.54. The largest absolute Gasteiger partial charge is 0.779 e. The number of likely N-dealkylation sites (tertiary alicyclic amines) is 1. The molecule has 1 fully saturated rings. The average Bonchev–Trinajstić information content (AvgIpc) is 2.87. The quantitative estimate of drug-likeness (QED) is 0.720. The zero-order valence-corrected chi connectivity index (χ0v) is 18.7. The van der Waals surface area contributed by atoms with Crippen molar-refractivity contribution in [3.05, 3.63) is 35.1 Å². The zero-order valence-electron chi connectivity index (χ0n) is 15.1. The summed E-state index contributed by atoms with van der Waals surface area (Å²) in [5, 5.41) is 2.97. The van der Waals surface area contributed by atoms with Crippen LogP contribution in [-0.2, 0) is 67.8 Å². The predicted molar refractivity (Wildman–Crippen MR) is 101 cm³/mol. The number of carbonyl (C=O) groups is 2. The Morgan fingerprint density at radius 2 is 1.69 bits per heavy atom. The molecule has 2 aliphatic rings. The number of amides is 2. The summed E-state index contributed by atoms with van der Waals surface area (Å²) in [4.78, 5) is 26.0. The molecule has 2 amide bonds. The van der Waals surface area contributed by atoms with Crippen LogP contribution in [0.3, 0.4) is 0 Å². The van der Waals surface area contributed by atoms with Crippen molar-refractivity contribution in [3.63, 3.8) is 0 Å². The molecule has 7 heteroatoms. The molecule has 1 unspecified atom stereocenters. The van der Waals surface area contributed by atoms with Gasteiger partial charge in [-0.3, -0.25) is 9.69 Å². The van der Waals surface area contributed by atoms with Gasteiger partial charge in [0, 0.05) is 44.3 Å². The summed E-state index contributed by atoms with van der Waals surface area (Å²) in [5.41, 5.74) is 10.1. The molecule has 1 aromatic carbocycles. The van der Waals surface area contributed by atoms with E-state index in [2.05, 4.69) is 10.2 Å². The number of nitrogens with zero attached hydrogens (tertiary/aromatic N) is 1. The Morgan fingerprint density at radius 1 is 1.08 bits per heavy atom. The molecule has 1 saturated heterocycles. The van der Waals surface area contributed by atoms with E-state index in [1.807, 2.05) is 18.2 Å². The molecule has 5 nitrogen and oxygen atoms in total. The Bertz CT molecular complexity index is 662. The number of hydrogen-bond acceptors (Lipinski definition) is 4. The minimum Gasteiger partial charge on any atom is -0.779 e. The van der Waals surface area contributed by atoms with Gasteiger partial charge in [-0.2, -0.15) is 0 Å². The molecular weight excluding hydrogens is 423 g/mol. The first-order valence-electron chi connectivity index (χ1n) is 9.07. The van der Waals surface area contributed by atoms with Crippen LogP contribution in [0.2, 0.25) is 0 Å². The second-order valence-electron chi connectivity index (χ2n) is 7.25. The van der Waals surface area contributed by atoms with Crippen LogP contribution in [0, 0.1) is 0 Å². The summed E-state index contributed by atoms with van der Waals surface area (Å²) in [6.07, 6.45) is 6.96. The molecule has 0 bridgehead atoms. The molecule has 1 aliphatic carbocycles. The van der Waals surface area contributed by atoms with E-state index >= 15 is 0 Å². The summed E-state index contributed by atoms with van der Waals surface area (Å²) in [6, 6.07) is 5.68. The van der Waals surface area contributed by atoms with E-state index in [9.17, 15) is 9.59 Å². The van der Waals surface area contributed by atoms with E-state index < -0.39 is 10.7 Å². The fraction of sp³-hybridized carbons (Fsp3) is 0.579. The van der Waals surface area contributed by atoms with Crippen molar-refractivity contribution < 1.29 is 42.3 Å². The zero-order chi connectivity index (χ0) is 17.9. The van der Waals surface area contributed by atoms with Crippen molar-refractivity contribution in [1.82, 2.24) is 4.90 Å². The summed E-state index contributed by atoms with van der Waals surface area (Å²) >= 11 is 5.33. The normalized spacial score (nSPS) is 23.3. The molecule has 1 aromatic rings. The third-order valence-corrected chi connectivity index (χ3v) is 5.65. The van der Waals surface area contributed by atoms with Gasteiger partial charge in [0.1, 0.15) is 0 Å². The van der Waals surface area contributed by atoms with Crippen molar-refractivity contribution in [2.45, 2.75) is 49.7 Å². The topological polar surface area (TPSA) is 73.2 Å². The molecular formula is C19H25N3O2SY-2. The first-order chi connectivity index (χ1) is 12.0. The molecule has 26 heavy (non-hydrogen) atoms. The first-order valence-corrected chi connectivity index (χ1v) is 9.48. The molecule has 139 valence electrons. The van der Waals surface area contributed by atoms with Gasteiger partial charge >= 0.3 is 0 Å². The van der Waals surface area contributed by atoms with E-state index in [0.717, 1.165) is 42.7 Å². The minimum atomic E-state index is -1.03. The Labute approximate surface area is 186 Å². The summed E-state index contributed by atoms with van der Waals surface area (Å²) in [6.45, 7) is 2.40. The van der Waals surface area contributed by atoms with Crippen molar-refractivity contribution in [1.29, 1.82) is 0 Å². The molecule has 0 aromatic heterocycles. The van der Waals surface area contributed by atoms with Crippen LogP contribution in [0.5, 0.6) is 0 Å². The number of benzene rings is 1. The molecule has 3 rings (SSSR count). The minimum absolute atomic E-state index is 0. The van der Waals surface area contributed by atoms with Crippen LogP contribution < -0.4 is 5.32 Å². The van der Waals surface area contributed by atoms with Crippen LogP contribution in [0.15, 0.2) is 18.2 Å². The molecule has 2 N–H and O–H groups in total. The van der Waals surface area contributed by atoms with Crippen LogP contribution in [0.25, 0.3) is 5.73 Å². The monoisotopic (exact) mass is 448 g/mol. The van der Waals surface area contributed by atoms with E-state index in [1.165, 1.54) is 19.3 Å². The number of hydrogen-bond donors (Lipinski definition) is 1. The molecule has 1 atom stereocenters. The maximum atomic E-state index is 12.4. The Morgan fingerprint density at radius 3 is 2.35 bits per heavy atom. The third-order valence-electron chi connectivity index (χ3n) is 5.17. The fourth-order valence-corrected chi connectivity index (χ4v) is 4.06. The maximum Gasteiger partial charge on any atom is 0.238 e. The smallest absolute Gasteiger partial charge is 0.238 e. The van der Waals surface area contributed by atoms with Crippen LogP contribution in [0.1, 0.15) is 43.2 Å². The summed E-state index contributed by atoms with van der Waals surface area (Å²) in [5.74, 6) is -0.693. The second-order valence-corrected chi connectivity index (χ2v) is 8.03. The number of carbonyl (C=O) groups excluding carboxylic acids is 2. The van der Waals surface area contributed by atoms with Crippen molar-refractivity contribution in [2.75, 3.05) is 25.0 Å². The number of anilines is 1. The van der Waals surface area contributed by atoms with Crippen LogP contribution in [-0.4, -0.2) is 41.1 Å². The average molecular weight is 448 g/mol. The fourth-order valence-electron chi connectivity index (χ4n) is 3.75. The predicted octanol–water partition coefficient (Wildman–Crippen LogP) is 2.85. The number of nitrogens with one attached hydrogen (secondary N) is 2. The Kier molecular flexibility index (Phi) is 8.14. The van der Waals surface area contributed by atoms with Gasteiger partial charge in [-0.25, -0.2) is 0 Å². The Hall–Kier alpha value is -0.426. The maximum absolute atomic E-state index is 12.4. The SMILES string of the molecule is [NH-]C(=O)C1([S-])Cc2ccc(NC(=O)CN3CCCCCCC3)cc2C1.[Y]. The number of rotatable bonds is 4. The van der Waals surface area contributed by atoms with Crippen LogP contribution in [0.4, 0.5) is 5.69 Å². The first kappa shape index (κ1) is 21.9. The van der Waals surface area contributed by atoms with Crippen LogP contribution >= 0.6 is 0 Å². The van der Waals surface area contributed by atoms with Gasteiger partial charge in [0.15, 0.2) is 0 Å². The van der Waals surface area contributed by atoms with E-state index in [-0.39, 0.29) is 38.6 Å². The standard InChI is InChI=1S/C19H27N3O2S.Y/c20-18(24)19(25)11-14-6-7-16(10-15(14)12-19)21-17(23)13-22-8-4-2-1-3-5-9-22;/h6-7,10H,1-5,8-9,11-13H2,(H4,20,21,23,24,25);/p-2. The molecule has 1 aliphatic heterocycles. The van der Waals surface area contributed by atoms with E-state index in [4.69, 9.17) is 18.4 Å². The summed E-state index contributed by atoms with van der Waals surface area (Å²) in [7, 11) is 0. The van der Waals surface area contributed by atoms with Gasteiger partial charge in [-0.1, -0.05) is 25.3 Å². The Balaban J connectivity index is 0.00000243. The van der Waals surface area contributed by atoms with E-state index in [1.54, 1.807) is 0 Å². The second kappa shape index (κ2) is 9.67. The van der Waals surface area contributed by atoms with Gasteiger partial charge in [-0.05, 0) is 62.0 Å². The number of fused-ring (bicyclic) bond motifs is 1. The molecule has 1 radical (unpaired) electrons. The van der Waals surface area contributed by atoms with E-state index in [0.29, 0.717) is 19.4 Å². The van der Waals surface area contributed by atoms with Gasteiger partial charge in [0.2, 0.25) is 5.91 Å². The van der Waals surface area contributed by atoms with Gasteiger partial charge < -0.3 is 28.5 Å². The van der Waals surface area contributed by atoms with Gasteiger partial charge in [0.05, 0.1) is 6.54 Å². The van der Waals surface area contributed by atoms with Crippen molar-refractivity contribution >= 4 is 30.1 Å².